The summed E-state index contributed by atoms with van der Waals surface area (Å²) < 4.78 is 0. The Morgan fingerprint density at radius 3 is 2.53 bits per heavy atom. The van der Waals surface area contributed by atoms with Crippen molar-refractivity contribution in [3.05, 3.63) is 0 Å². The number of thioether (sulfide) groups is 1. The molecule has 0 saturated carbocycles. The van der Waals surface area contributed by atoms with Gasteiger partial charge >= 0.3 is 0 Å². The minimum atomic E-state index is 0. The number of hydrogen-bond acceptors (Lipinski definition) is 3. The van der Waals surface area contributed by atoms with E-state index in [0.717, 1.165) is 25.3 Å². The zero-order valence-electron chi connectivity index (χ0n) is 10.5. The molecule has 1 atom stereocenters. The van der Waals surface area contributed by atoms with E-state index < -0.39 is 0 Å². The first kappa shape index (κ1) is 15.0. The van der Waals surface area contributed by atoms with Gasteiger partial charge in [0.05, 0.1) is 5.25 Å². The molecule has 92 valence electrons. The van der Waals surface area contributed by atoms with Crippen LogP contribution in [0.1, 0.15) is 42.0 Å². The van der Waals surface area contributed by atoms with Crippen LogP contribution in [-0.2, 0) is 4.79 Å². The van der Waals surface area contributed by atoms with Crippen molar-refractivity contribution in [3.8, 4) is 0 Å². The molecule has 3 heteroatoms. The number of carbonyl (C=O) groups is 1. The zero-order chi connectivity index (χ0) is 11.7. The second-order valence-corrected chi connectivity index (χ2v) is 5.47. The molecule has 0 aromatic heterocycles. The fourth-order valence-corrected chi connectivity index (χ4v) is 2.82. The second kappa shape index (κ2) is 9.22. The molecule has 0 fully saturated rings. The summed E-state index contributed by atoms with van der Waals surface area (Å²) in [6, 6.07) is 0. The molecule has 0 aliphatic rings. The summed E-state index contributed by atoms with van der Waals surface area (Å²) >= 11 is 1.81. The first-order chi connectivity index (χ1) is 7.11. The topological polar surface area (TPSA) is 29.1 Å². The molecule has 0 rings (SSSR count). The summed E-state index contributed by atoms with van der Waals surface area (Å²) in [7, 11) is 0. The minimum absolute atomic E-state index is 0. The Morgan fingerprint density at radius 1 is 1.40 bits per heavy atom. The summed E-state index contributed by atoms with van der Waals surface area (Å²) in [6.07, 6.45) is 1.69. The van der Waals surface area contributed by atoms with Crippen molar-refractivity contribution in [2.24, 2.45) is 5.92 Å². The van der Waals surface area contributed by atoms with Gasteiger partial charge in [0.2, 0.25) is 0 Å². The van der Waals surface area contributed by atoms with Crippen LogP contribution in [0.25, 0.3) is 0 Å². The first-order valence-electron chi connectivity index (χ1n) is 5.96. The largest absolute Gasteiger partial charge is 0.316 e. The average Bonchev–Trinajstić information content (AvgIpc) is 2.21. The molecular formula is C12H27NOS. The van der Waals surface area contributed by atoms with Crippen molar-refractivity contribution >= 4 is 17.5 Å². The summed E-state index contributed by atoms with van der Waals surface area (Å²) in [6.45, 7) is 10.4. The van der Waals surface area contributed by atoms with Crippen LogP contribution in [0.5, 0.6) is 0 Å². The van der Waals surface area contributed by atoms with Gasteiger partial charge in [-0.3, -0.25) is 4.79 Å². The van der Waals surface area contributed by atoms with Gasteiger partial charge in [0, 0.05) is 20.1 Å². The van der Waals surface area contributed by atoms with Gasteiger partial charge in [0.25, 0.3) is 0 Å². The van der Waals surface area contributed by atoms with E-state index >= 15 is 0 Å². The molecule has 0 aliphatic carbocycles. The molecule has 1 N–H and O–H groups in total. The lowest BCUT2D eigenvalue weighted by Crippen LogP contribution is -2.22. The Bertz CT molecular complexity index is 176. The lowest BCUT2D eigenvalue weighted by Gasteiger charge is -2.16. The molecule has 0 aliphatic heterocycles. The Hall–Kier alpha value is -0.0200. The van der Waals surface area contributed by atoms with E-state index in [2.05, 4.69) is 26.1 Å². The van der Waals surface area contributed by atoms with E-state index in [1.165, 1.54) is 0 Å². The molecular weight excluding hydrogens is 206 g/mol. The van der Waals surface area contributed by atoms with Crippen LogP contribution in [0.4, 0.5) is 0 Å². The molecule has 0 spiro atoms. The molecule has 0 radical (unpaired) electrons. The van der Waals surface area contributed by atoms with E-state index in [1.807, 2.05) is 18.7 Å². The monoisotopic (exact) mass is 233 g/mol. The van der Waals surface area contributed by atoms with Gasteiger partial charge < -0.3 is 5.32 Å². The van der Waals surface area contributed by atoms with Crippen LogP contribution >= 0.6 is 11.8 Å². The van der Waals surface area contributed by atoms with Gasteiger partial charge in [-0.25, -0.2) is 0 Å². The average molecular weight is 233 g/mol. The Labute approximate surface area is 100 Å². The van der Waals surface area contributed by atoms with Crippen LogP contribution in [0.15, 0.2) is 0 Å². The molecule has 0 saturated heterocycles. The number of nitrogens with one attached hydrogen (secondary N) is 1. The van der Waals surface area contributed by atoms with Crippen molar-refractivity contribution < 1.29 is 6.22 Å². The molecule has 15 heavy (non-hydrogen) atoms. The summed E-state index contributed by atoms with van der Waals surface area (Å²) in [4.78, 5) is 11.7. The Morgan fingerprint density at radius 2 is 2.07 bits per heavy atom. The van der Waals surface area contributed by atoms with Crippen molar-refractivity contribution in [3.63, 3.8) is 0 Å². The first-order valence-corrected chi connectivity index (χ1v) is 7.01. The number of carbonyl (C=O) groups excluding carboxylic acids is 1. The Kier molecular flexibility index (Phi) is 9.21. The summed E-state index contributed by atoms with van der Waals surface area (Å²) in [5.41, 5.74) is 0. The fourth-order valence-electron chi connectivity index (χ4n) is 1.40. The molecule has 0 heterocycles. The lowest BCUT2D eigenvalue weighted by atomic mass is 10.0. The summed E-state index contributed by atoms with van der Waals surface area (Å²) in [5, 5.41) is 3.50. The van der Waals surface area contributed by atoms with E-state index in [1.54, 1.807) is 0 Å². The molecule has 0 aromatic carbocycles. The van der Waals surface area contributed by atoms with Crippen LogP contribution in [0.2, 0.25) is 0 Å². The fraction of sp³-hybridized carbons (Fsp3) is 0.917. The van der Waals surface area contributed by atoms with E-state index in [4.69, 9.17) is 0 Å². The summed E-state index contributed by atoms with van der Waals surface area (Å²) in [5.74, 6) is 2.05. The van der Waals surface area contributed by atoms with Crippen LogP contribution in [0, 0.1) is 5.92 Å². The minimum Gasteiger partial charge on any atom is -0.316 e. The van der Waals surface area contributed by atoms with Gasteiger partial charge in [-0.05, 0) is 18.9 Å². The maximum Gasteiger partial charge on any atom is 0.145 e. The number of ketones is 1. The predicted molar refractivity (Wildman–Crippen MR) is 71.7 cm³/mol. The highest BCUT2D eigenvalue weighted by atomic mass is 32.2. The van der Waals surface area contributed by atoms with Crippen molar-refractivity contribution in [1.82, 2.24) is 5.32 Å². The van der Waals surface area contributed by atoms with E-state index in [0.29, 0.717) is 18.1 Å². The maximum absolute atomic E-state index is 11.7. The number of Topliss-reactive ketones (excluding diaryl/α,β-unsaturated/α-hetero) is 1. The molecule has 2 nitrogen and oxygen atoms in total. The van der Waals surface area contributed by atoms with Gasteiger partial charge in [-0.15, -0.1) is 11.8 Å². The van der Waals surface area contributed by atoms with Crippen LogP contribution in [0.3, 0.4) is 0 Å². The predicted octanol–water partition coefficient (Wildman–Crippen LogP) is 2.97. The third kappa shape index (κ3) is 7.86. The normalized spacial score (nSPS) is 13.1. The number of hydrogen-bond donors (Lipinski definition) is 1. The second-order valence-electron chi connectivity index (χ2n) is 4.16. The van der Waals surface area contributed by atoms with Crippen LogP contribution in [-0.4, -0.2) is 29.9 Å². The van der Waals surface area contributed by atoms with Gasteiger partial charge in [-0.1, -0.05) is 27.7 Å². The van der Waals surface area contributed by atoms with Crippen molar-refractivity contribution in [2.45, 2.75) is 45.8 Å². The zero-order valence-corrected chi connectivity index (χ0v) is 11.3. The van der Waals surface area contributed by atoms with E-state index in [-0.39, 0.29) is 6.68 Å². The van der Waals surface area contributed by atoms with Crippen molar-refractivity contribution in [1.29, 1.82) is 0 Å². The van der Waals surface area contributed by atoms with Gasteiger partial charge in [0.15, 0.2) is 0 Å². The lowest BCUT2D eigenvalue weighted by molar-refractivity contribution is -0.118. The highest BCUT2D eigenvalue weighted by Gasteiger charge is 2.17. The third-order valence-electron chi connectivity index (χ3n) is 2.24. The van der Waals surface area contributed by atoms with E-state index in [9.17, 15) is 4.79 Å². The van der Waals surface area contributed by atoms with Crippen molar-refractivity contribution in [2.75, 3.05) is 18.8 Å². The smallest absolute Gasteiger partial charge is 0.145 e. The van der Waals surface area contributed by atoms with Gasteiger partial charge in [-0.2, -0.15) is 0 Å². The van der Waals surface area contributed by atoms with Gasteiger partial charge in [0.1, 0.15) is 5.78 Å². The standard InChI is InChI=1S/C12H25NOS.H2/c1-5-11(14)12(9-10(3)4)15-8-7-13-6-2;/h10,12-13H,5-9H2,1-4H3;1H/t12-;/m1./s1. The molecule has 0 unspecified atom stereocenters. The Balaban J connectivity index is 0. The SMILES string of the molecule is CCNCCS[C@H](CC(C)C)C(=O)CC.[HH]. The highest BCUT2D eigenvalue weighted by molar-refractivity contribution is 8.00. The van der Waals surface area contributed by atoms with Crippen LogP contribution < -0.4 is 5.32 Å². The number of rotatable bonds is 9. The third-order valence-corrected chi connectivity index (χ3v) is 3.54. The maximum atomic E-state index is 11.7. The highest BCUT2D eigenvalue weighted by Crippen LogP contribution is 2.20. The molecule has 0 bridgehead atoms. The molecule has 0 amide bonds. The molecule has 0 aromatic rings. The quantitative estimate of drug-likeness (QED) is 0.621.